The summed E-state index contributed by atoms with van der Waals surface area (Å²) in [4.78, 5) is 0. The molecule has 19 heavy (non-hydrogen) atoms. The summed E-state index contributed by atoms with van der Waals surface area (Å²) in [6, 6.07) is 9.54. The van der Waals surface area contributed by atoms with Crippen LogP contribution < -0.4 is 5.32 Å². The van der Waals surface area contributed by atoms with Crippen molar-refractivity contribution < 1.29 is 4.74 Å². The van der Waals surface area contributed by atoms with E-state index in [2.05, 4.69) is 36.5 Å². The molecule has 0 saturated heterocycles. The Bertz CT molecular complexity index is 377. The molecule has 0 aliphatic heterocycles. The first-order valence-corrected chi connectivity index (χ1v) is 7.65. The van der Waals surface area contributed by atoms with Gasteiger partial charge in [-0.05, 0) is 55.7 Å². The third-order valence-corrected chi connectivity index (χ3v) is 4.11. The smallest absolute Gasteiger partial charge is 0.0462 e. The van der Waals surface area contributed by atoms with Gasteiger partial charge >= 0.3 is 0 Å². The summed E-state index contributed by atoms with van der Waals surface area (Å²) in [5.74, 6) is 0.771. The average Bonchev–Trinajstić information content (AvgIpc) is 2.41. The monoisotopic (exact) mass is 261 g/mol. The van der Waals surface area contributed by atoms with Crippen LogP contribution in [0, 0.1) is 0 Å². The van der Waals surface area contributed by atoms with Gasteiger partial charge < -0.3 is 10.1 Å². The Kier molecular flexibility index (Phi) is 5.87. The van der Waals surface area contributed by atoms with E-state index < -0.39 is 0 Å². The number of benzene rings is 1. The quantitative estimate of drug-likeness (QED) is 0.687. The van der Waals surface area contributed by atoms with Crippen LogP contribution in [0.3, 0.4) is 0 Å². The van der Waals surface area contributed by atoms with Crippen LogP contribution in [0.5, 0.6) is 0 Å². The first-order valence-electron chi connectivity index (χ1n) is 7.65. The maximum Gasteiger partial charge on any atom is 0.0462 e. The van der Waals surface area contributed by atoms with Gasteiger partial charge in [-0.3, -0.25) is 0 Å². The fourth-order valence-electron chi connectivity index (χ4n) is 3.04. The van der Waals surface area contributed by atoms with E-state index in [9.17, 15) is 0 Å². The molecule has 2 nitrogen and oxygen atoms in total. The molecule has 0 bridgehead atoms. The van der Waals surface area contributed by atoms with E-state index in [-0.39, 0.29) is 0 Å². The van der Waals surface area contributed by atoms with Crippen molar-refractivity contribution in [2.45, 2.75) is 51.0 Å². The van der Waals surface area contributed by atoms with Gasteiger partial charge in [0.15, 0.2) is 0 Å². The zero-order chi connectivity index (χ0) is 13.5. The van der Waals surface area contributed by atoms with E-state index in [0.717, 1.165) is 25.5 Å². The minimum absolute atomic E-state index is 0.647. The third kappa shape index (κ3) is 4.05. The molecule has 1 N–H and O–H groups in total. The van der Waals surface area contributed by atoms with Crippen LogP contribution in [0.2, 0.25) is 0 Å². The van der Waals surface area contributed by atoms with E-state index in [0.29, 0.717) is 6.04 Å². The van der Waals surface area contributed by atoms with Crippen molar-refractivity contribution in [2.24, 2.45) is 0 Å². The average molecular weight is 261 g/mol. The number of fused-ring (bicyclic) bond motifs is 1. The Morgan fingerprint density at radius 1 is 1.37 bits per heavy atom. The highest BCUT2D eigenvalue weighted by Gasteiger charge is 2.27. The molecule has 0 aromatic heterocycles. The van der Waals surface area contributed by atoms with Crippen molar-refractivity contribution in [2.75, 3.05) is 20.3 Å². The lowest BCUT2D eigenvalue weighted by atomic mass is 9.74. The van der Waals surface area contributed by atoms with Crippen LogP contribution in [-0.4, -0.2) is 26.3 Å². The molecule has 2 unspecified atom stereocenters. The SMILES string of the molecule is CCCNC(CCCOC)CC1Cc2ccccc21. The van der Waals surface area contributed by atoms with Gasteiger partial charge in [0.1, 0.15) is 0 Å². The van der Waals surface area contributed by atoms with Crippen molar-refractivity contribution in [3.8, 4) is 0 Å². The summed E-state index contributed by atoms with van der Waals surface area (Å²) in [6.45, 7) is 4.25. The molecule has 2 atom stereocenters. The predicted molar refractivity (Wildman–Crippen MR) is 80.7 cm³/mol. The minimum Gasteiger partial charge on any atom is -0.385 e. The Labute approximate surface area is 117 Å². The van der Waals surface area contributed by atoms with Crippen molar-refractivity contribution >= 4 is 0 Å². The first kappa shape index (κ1) is 14.5. The predicted octanol–water partition coefficient (Wildman–Crippen LogP) is 3.51. The maximum atomic E-state index is 5.17. The second-order valence-corrected chi connectivity index (χ2v) is 5.62. The normalized spacial score (nSPS) is 18.7. The molecule has 0 fully saturated rings. The molecule has 0 amide bonds. The zero-order valence-corrected chi connectivity index (χ0v) is 12.3. The van der Waals surface area contributed by atoms with E-state index >= 15 is 0 Å². The summed E-state index contributed by atoms with van der Waals surface area (Å²) in [6.07, 6.45) is 6.15. The van der Waals surface area contributed by atoms with Crippen LogP contribution in [0.1, 0.15) is 49.7 Å². The summed E-state index contributed by atoms with van der Waals surface area (Å²) in [5, 5.41) is 3.70. The van der Waals surface area contributed by atoms with Crippen LogP contribution >= 0.6 is 0 Å². The van der Waals surface area contributed by atoms with E-state index in [1.807, 2.05) is 0 Å². The number of ether oxygens (including phenoxy) is 1. The molecule has 2 heteroatoms. The van der Waals surface area contributed by atoms with Gasteiger partial charge in [-0.1, -0.05) is 31.2 Å². The van der Waals surface area contributed by atoms with Crippen LogP contribution in [0.4, 0.5) is 0 Å². The Balaban J connectivity index is 1.82. The van der Waals surface area contributed by atoms with Crippen LogP contribution in [-0.2, 0) is 11.2 Å². The van der Waals surface area contributed by atoms with Gasteiger partial charge in [0.2, 0.25) is 0 Å². The number of rotatable bonds is 9. The van der Waals surface area contributed by atoms with Crippen molar-refractivity contribution in [1.29, 1.82) is 0 Å². The van der Waals surface area contributed by atoms with Gasteiger partial charge in [-0.2, -0.15) is 0 Å². The van der Waals surface area contributed by atoms with Gasteiger partial charge in [0.25, 0.3) is 0 Å². The lowest BCUT2D eigenvalue weighted by Crippen LogP contribution is -2.34. The summed E-state index contributed by atoms with van der Waals surface area (Å²) < 4.78 is 5.17. The number of hydrogen-bond donors (Lipinski definition) is 1. The highest BCUT2D eigenvalue weighted by molar-refractivity contribution is 5.39. The molecule has 106 valence electrons. The van der Waals surface area contributed by atoms with Crippen LogP contribution in [0.15, 0.2) is 24.3 Å². The highest BCUT2D eigenvalue weighted by Crippen LogP contribution is 2.38. The first-order chi connectivity index (χ1) is 9.35. The number of nitrogens with one attached hydrogen (secondary N) is 1. The van der Waals surface area contributed by atoms with E-state index in [1.54, 1.807) is 18.2 Å². The minimum atomic E-state index is 0.647. The Morgan fingerprint density at radius 2 is 2.21 bits per heavy atom. The van der Waals surface area contributed by atoms with E-state index in [4.69, 9.17) is 4.74 Å². The lowest BCUT2D eigenvalue weighted by Gasteiger charge is -2.33. The molecule has 0 spiro atoms. The molecule has 0 radical (unpaired) electrons. The van der Waals surface area contributed by atoms with Crippen molar-refractivity contribution in [1.82, 2.24) is 5.32 Å². The summed E-state index contributed by atoms with van der Waals surface area (Å²) >= 11 is 0. The maximum absolute atomic E-state index is 5.17. The van der Waals surface area contributed by atoms with Gasteiger partial charge in [-0.25, -0.2) is 0 Å². The van der Waals surface area contributed by atoms with E-state index in [1.165, 1.54) is 25.7 Å². The molecule has 2 rings (SSSR count). The van der Waals surface area contributed by atoms with Gasteiger partial charge in [0, 0.05) is 19.8 Å². The van der Waals surface area contributed by atoms with Crippen molar-refractivity contribution in [3.63, 3.8) is 0 Å². The summed E-state index contributed by atoms with van der Waals surface area (Å²) in [5.41, 5.74) is 3.14. The second kappa shape index (κ2) is 7.66. The van der Waals surface area contributed by atoms with Gasteiger partial charge in [-0.15, -0.1) is 0 Å². The molecule has 1 aromatic rings. The highest BCUT2D eigenvalue weighted by atomic mass is 16.5. The molecule has 1 aliphatic carbocycles. The fraction of sp³-hybridized carbons (Fsp3) is 0.647. The van der Waals surface area contributed by atoms with Crippen molar-refractivity contribution in [3.05, 3.63) is 35.4 Å². The molecule has 0 heterocycles. The number of methoxy groups -OCH3 is 1. The summed E-state index contributed by atoms with van der Waals surface area (Å²) in [7, 11) is 1.79. The molecule has 1 aromatic carbocycles. The topological polar surface area (TPSA) is 21.3 Å². The Hall–Kier alpha value is -0.860. The number of hydrogen-bond acceptors (Lipinski definition) is 2. The molecule has 0 saturated carbocycles. The Morgan fingerprint density at radius 3 is 2.95 bits per heavy atom. The molecular formula is C17H27NO. The van der Waals surface area contributed by atoms with Gasteiger partial charge in [0.05, 0.1) is 0 Å². The fourth-order valence-corrected chi connectivity index (χ4v) is 3.04. The van der Waals surface area contributed by atoms with Crippen LogP contribution in [0.25, 0.3) is 0 Å². The largest absolute Gasteiger partial charge is 0.385 e. The standard InChI is InChI=1S/C17H27NO/c1-3-10-18-16(8-6-11-19-2)13-15-12-14-7-4-5-9-17(14)15/h4-5,7,9,15-16,18H,3,6,8,10-13H2,1-2H3. The molecule has 1 aliphatic rings. The zero-order valence-electron chi connectivity index (χ0n) is 12.3. The lowest BCUT2D eigenvalue weighted by molar-refractivity contribution is 0.187. The molecular weight excluding hydrogens is 234 g/mol. The second-order valence-electron chi connectivity index (χ2n) is 5.62. The third-order valence-electron chi connectivity index (χ3n) is 4.11.